The van der Waals surface area contributed by atoms with Crippen LogP contribution >= 0.6 is 0 Å². The highest BCUT2D eigenvalue weighted by Crippen LogP contribution is 2.24. The molecule has 0 saturated heterocycles. The number of aliphatic carboxylic acids is 1. The van der Waals surface area contributed by atoms with Gasteiger partial charge in [0.2, 0.25) is 5.91 Å². The Bertz CT molecular complexity index is 753. The molecule has 1 aromatic rings. The van der Waals surface area contributed by atoms with E-state index in [-0.39, 0.29) is 35.7 Å². The molecule has 0 saturated carbocycles. The molecule has 1 heterocycles. The lowest BCUT2D eigenvalue weighted by Gasteiger charge is -2.27. The number of aromatic nitrogens is 1. The fraction of sp³-hybridized carbons (Fsp3) is 0.526. The van der Waals surface area contributed by atoms with E-state index in [4.69, 9.17) is 10.8 Å². The van der Waals surface area contributed by atoms with Crippen LogP contribution in [0.25, 0.3) is 0 Å². The first-order valence-electron chi connectivity index (χ1n) is 8.85. The standard InChI is InChI=1S/C19H26N4O4/c1-4-5-8-19(2,3)18(27)23-14(6-7-16(24)25)17(26)13-9-12(21)11-22-15(13)10-20/h9,11,14H,4-8,21H2,1-3H3,(H,23,27)(H,24,25)/t14-/m0/s1. The molecule has 0 radical (unpaired) electrons. The molecule has 0 fully saturated rings. The van der Waals surface area contributed by atoms with Gasteiger partial charge in [-0.25, -0.2) is 4.98 Å². The summed E-state index contributed by atoms with van der Waals surface area (Å²) >= 11 is 0. The normalized spacial score (nSPS) is 12.1. The smallest absolute Gasteiger partial charge is 0.303 e. The number of nitriles is 1. The van der Waals surface area contributed by atoms with Gasteiger partial charge in [0.15, 0.2) is 11.5 Å². The van der Waals surface area contributed by atoms with Crippen LogP contribution in [-0.4, -0.2) is 33.8 Å². The zero-order valence-corrected chi connectivity index (χ0v) is 15.9. The number of rotatable bonds is 10. The Labute approximate surface area is 158 Å². The molecule has 27 heavy (non-hydrogen) atoms. The Morgan fingerprint density at radius 3 is 2.63 bits per heavy atom. The van der Waals surface area contributed by atoms with Gasteiger partial charge in [0, 0.05) is 11.8 Å². The molecule has 0 aliphatic rings. The Hall–Kier alpha value is -2.95. The first-order chi connectivity index (χ1) is 12.6. The summed E-state index contributed by atoms with van der Waals surface area (Å²) in [5.74, 6) is -2.00. The number of nitrogens with zero attached hydrogens (tertiary/aromatic N) is 2. The summed E-state index contributed by atoms with van der Waals surface area (Å²) < 4.78 is 0. The van der Waals surface area contributed by atoms with Crippen LogP contribution in [0.3, 0.4) is 0 Å². The highest BCUT2D eigenvalue weighted by Gasteiger charge is 2.32. The van der Waals surface area contributed by atoms with Crippen LogP contribution in [-0.2, 0) is 9.59 Å². The van der Waals surface area contributed by atoms with Gasteiger partial charge in [0.25, 0.3) is 0 Å². The first-order valence-corrected chi connectivity index (χ1v) is 8.85. The van der Waals surface area contributed by atoms with Crippen molar-refractivity contribution in [2.45, 2.75) is 58.9 Å². The number of hydrogen-bond donors (Lipinski definition) is 3. The van der Waals surface area contributed by atoms with Gasteiger partial charge < -0.3 is 16.2 Å². The van der Waals surface area contributed by atoms with Crippen molar-refractivity contribution in [2.75, 3.05) is 5.73 Å². The largest absolute Gasteiger partial charge is 0.481 e. The third kappa shape index (κ3) is 6.37. The van der Waals surface area contributed by atoms with Crippen molar-refractivity contribution < 1.29 is 19.5 Å². The zero-order valence-electron chi connectivity index (χ0n) is 15.9. The number of carboxylic acids is 1. The Morgan fingerprint density at radius 1 is 1.41 bits per heavy atom. The van der Waals surface area contributed by atoms with Gasteiger partial charge in [-0.1, -0.05) is 33.6 Å². The van der Waals surface area contributed by atoms with Crippen molar-refractivity contribution in [2.24, 2.45) is 5.41 Å². The van der Waals surface area contributed by atoms with E-state index in [1.807, 2.05) is 13.0 Å². The number of pyridine rings is 1. The van der Waals surface area contributed by atoms with Gasteiger partial charge in [-0.2, -0.15) is 5.26 Å². The summed E-state index contributed by atoms with van der Waals surface area (Å²) in [5, 5.41) is 20.8. The molecular weight excluding hydrogens is 348 g/mol. The number of amides is 1. The average Bonchev–Trinajstić information content (AvgIpc) is 2.62. The van der Waals surface area contributed by atoms with Crippen molar-refractivity contribution in [1.29, 1.82) is 5.26 Å². The molecular formula is C19H26N4O4. The quantitative estimate of drug-likeness (QED) is 0.532. The molecule has 0 bridgehead atoms. The minimum Gasteiger partial charge on any atom is -0.481 e. The maximum atomic E-state index is 12.9. The number of carbonyl (C=O) groups excluding carboxylic acids is 2. The van der Waals surface area contributed by atoms with E-state index in [1.165, 1.54) is 12.3 Å². The second-order valence-electron chi connectivity index (χ2n) is 7.09. The molecule has 4 N–H and O–H groups in total. The number of ketones is 1. The monoisotopic (exact) mass is 374 g/mol. The van der Waals surface area contributed by atoms with Crippen molar-refractivity contribution in [3.63, 3.8) is 0 Å². The summed E-state index contributed by atoms with van der Waals surface area (Å²) in [6.45, 7) is 5.57. The van der Waals surface area contributed by atoms with E-state index >= 15 is 0 Å². The number of unbranched alkanes of at least 4 members (excludes halogenated alkanes) is 1. The third-order valence-electron chi connectivity index (χ3n) is 4.32. The molecule has 0 aliphatic heterocycles. The fourth-order valence-electron chi connectivity index (χ4n) is 2.57. The number of carboxylic acid groups (broad SMARTS) is 1. The molecule has 0 aliphatic carbocycles. The van der Waals surface area contributed by atoms with Crippen LogP contribution in [0.15, 0.2) is 12.3 Å². The van der Waals surface area contributed by atoms with Gasteiger partial charge >= 0.3 is 5.97 Å². The minimum absolute atomic E-state index is 0.0282. The summed E-state index contributed by atoms with van der Waals surface area (Å²) in [6.07, 6.45) is 3.28. The lowest BCUT2D eigenvalue weighted by molar-refractivity contribution is -0.137. The van der Waals surface area contributed by atoms with E-state index in [0.29, 0.717) is 6.42 Å². The number of carbonyl (C=O) groups is 3. The molecule has 146 valence electrons. The molecule has 0 aromatic carbocycles. The predicted octanol–water partition coefficient (Wildman–Crippen LogP) is 2.28. The topological polar surface area (TPSA) is 146 Å². The van der Waals surface area contributed by atoms with Gasteiger partial charge in [0.05, 0.1) is 23.5 Å². The zero-order chi connectivity index (χ0) is 20.6. The number of nitrogens with two attached hydrogens (primary N) is 1. The Morgan fingerprint density at radius 2 is 2.07 bits per heavy atom. The second-order valence-corrected chi connectivity index (χ2v) is 7.09. The van der Waals surface area contributed by atoms with Crippen molar-refractivity contribution in [3.8, 4) is 6.07 Å². The van der Waals surface area contributed by atoms with Crippen molar-refractivity contribution in [1.82, 2.24) is 10.3 Å². The van der Waals surface area contributed by atoms with Gasteiger partial charge in [-0.05, 0) is 18.9 Å². The molecule has 8 heteroatoms. The molecule has 1 aromatic heterocycles. The highest BCUT2D eigenvalue weighted by atomic mass is 16.4. The third-order valence-corrected chi connectivity index (χ3v) is 4.32. The SMILES string of the molecule is CCCCC(C)(C)C(=O)N[C@@H](CCC(=O)O)C(=O)c1cc(N)cnc1C#N. The molecule has 1 atom stereocenters. The highest BCUT2D eigenvalue weighted by molar-refractivity contribution is 6.04. The van der Waals surface area contributed by atoms with Crippen LogP contribution in [0, 0.1) is 16.7 Å². The lowest BCUT2D eigenvalue weighted by atomic mass is 9.85. The van der Waals surface area contributed by atoms with Crippen LogP contribution < -0.4 is 11.1 Å². The van der Waals surface area contributed by atoms with Crippen LogP contribution in [0.5, 0.6) is 0 Å². The number of nitrogen functional groups attached to an aromatic ring is 1. The molecule has 8 nitrogen and oxygen atoms in total. The van der Waals surface area contributed by atoms with Crippen molar-refractivity contribution in [3.05, 3.63) is 23.5 Å². The molecule has 1 rings (SSSR count). The Kier molecular flexibility index (Phi) is 7.91. The predicted molar refractivity (Wildman–Crippen MR) is 99.8 cm³/mol. The van der Waals surface area contributed by atoms with Gasteiger partial charge in [-0.15, -0.1) is 0 Å². The summed E-state index contributed by atoms with van der Waals surface area (Å²) in [4.78, 5) is 40.4. The van der Waals surface area contributed by atoms with Crippen molar-refractivity contribution >= 4 is 23.3 Å². The van der Waals surface area contributed by atoms with E-state index in [9.17, 15) is 19.6 Å². The Balaban J connectivity index is 3.12. The number of nitrogens with one attached hydrogen (secondary N) is 1. The van der Waals surface area contributed by atoms with Crippen LogP contribution in [0.1, 0.15) is 68.9 Å². The van der Waals surface area contributed by atoms with Crippen LogP contribution in [0.4, 0.5) is 5.69 Å². The minimum atomic E-state index is -1.08. The number of hydrogen-bond acceptors (Lipinski definition) is 6. The molecule has 0 spiro atoms. The summed E-state index contributed by atoms with van der Waals surface area (Å²) in [5.41, 5.74) is 5.01. The maximum Gasteiger partial charge on any atom is 0.303 e. The molecule has 1 amide bonds. The van der Waals surface area contributed by atoms with E-state index < -0.39 is 23.2 Å². The number of Topliss-reactive ketones (excluding diaryl/α,β-unsaturated/α-hetero) is 1. The summed E-state index contributed by atoms with van der Waals surface area (Å²) in [7, 11) is 0. The van der Waals surface area contributed by atoms with Gasteiger partial charge in [0.1, 0.15) is 6.07 Å². The maximum absolute atomic E-state index is 12.9. The first kappa shape index (κ1) is 22.1. The fourth-order valence-corrected chi connectivity index (χ4v) is 2.57. The van der Waals surface area contributed by atoms with Crippen LogP contribution in [0.2, 0.25) is 0 Å². The van der Waals surface area contributed by atoms with E-state index in [1.54, 1.807) is 13.8 Å². The average molecular weight is 374 g/mol. The number of anilines is 1. The second kappa shape index (κ2) is 9.67. The van der Waals surface area contributed by atoms with E-state index in [0.717, 1.165) is 12.8 Å². The van der Waals surface area contributed by atoms with E-state index in [2.05, 4.69) is 10.3 Å². The van der Waals surface area contributed by atoms with Gasteiger partial charge in [-0.3, -0.25) is 14.4 Å². The summed E-state index contributed by atoms with van der Waals surface area (Å²) in [6, 6.07) is 2.06. The molecule has 0 unspecified atom stereocenters. The lowest BCUT2D eigenvalue weighted by Crippen LogP contribution is -2.47.